The van der Waals surface area contributed by atoms with Gasteiger partial charge in [-0.1, -0.05) is 54.6 Å². The van der Waals surface area contributed by atoms with Gasteiger partial charge in [0.2, 0.25) is 0 Å². The van der Waals surface area contributed by atoms with E-state index in [2.05, 4.69) is 5.09 Å². The molecule has 0 saturated heterocycles. The number of carbonyl (C=O) groups excluding carboxylic acids is 1. The number of carbonyl (C=O) groups is 2. The zero-order valence-electron chi connectivity index (χ0n) is 19.5. The van der Waals surface area contributed by atoms with E-state index in [0.717, 1.165) is 23.5 Å². The number of fused-ring (bicyclic) bond motifs is 1. The van der Waals surface area contributed by atoms with E-state index in [1.54, 1.807) is 36.4 Å². The maximum atomic E-state index is 15.9. The molecule has 0 aliphatic rings. The third kappa shape index (κ3) is 5.88. The van der Waals surface area contributed by atoms with Gasteiger partial charge in [0, 0.05) is 10.3 Å². The summed E-state index contributed by atoms with van der Waals surface area (Å²) in [4.78, 5) is 23.9. The maximum Gasteiger partial charge on any atom is 0.390 e. The fourth-order valence-corrected chi connectivity index (χ4v) is 6.19. The fourth-order valence-electron chi connectivity index (χ4n) is 3.46. The van der Waals surface area contributed by atoms with Crippen molar-refractivity contribution in [2.24, 2.45) is 0 Å². The van der Waals surface area contributed by atoms with E-state index in [9.17, 15) is 19.3 Å². The second-order valence-electron chi connectivity index (χ2n) is 8.11. The Hall–Kier alpha value is -3.59. The third-order valence-electron chi connectivity index (χ3n) is 5.36. The first-order chi connectivity index (χ1) is 17.6. The summed E-state index contributed by atoms with van der Waals surface area (Å²) in [6.07, 6.45) is 0. The van der Waals surface area contributed by atoms with E-state index in [4.69, 9.17) is 9.26 Å². The summed E-state index contributed by atoms with van der Waals surface area (Å²) >= 11 is 0.931. The number of rotatable bonds is 10. The van der Waals surface area contributed by atoms with Crippen LogP contribution in [0.15, 0.2) is 84.9 Å². The minimum absolute atomic E-state index is 0.0212. The van der Waals surface area contributed by atoms with Crippen LogP contribution in [0.1, 0.15) is 27.7 Å². The van der Waals surface area contributed by atoms with Crippen molar-refractivity contribution in [3.8, 4) is 5.75 Å². The number of ether oxygens (including phenoxy) is 1. The Balaban J connectivity index is 1.64. The number of carboxylic acids is 1. The monoisotopic (exact) mass is 545 g/mol. The highest BCUT2D eigenvalue weighted by Gasteiger charge is 2.56. The summed E-state index contributed by atoms with van der Waals surface area (Å²) in [6.45, 7) is 1.16. The molecule has 2 atom stereocenters. The van der Waals surface area contributed by atoms with Crippen molar-refractivity contribution in [1.82, 2.24) is 5.09 Å². The van der Waals surface area contributed by atoms with Crippen molar-refractivity contribution in [3.05, 3.63) is 101 Å². The lowest BCUT2D eigenvalue weighted by Gasteiger charge is -2.30. The van der Waals surface area contributed by atoms with Crippen molar-refractivity contribution in [2.45, 2.75) is 25.2 Å². The van der Waals surface area contributed by atoms with Gasteiger partial charge in [-0.3, -0.25) is 9.36 Å². The average Bonchev–Trinajstić information content (AvgIpc) is 3.32. The smallest absolute Gasteiger partial charge is 0.390 e. The Morgan fingerprint density at radius 3 is 2.32 bits per heavy atom. The minimum atomic E-state index is -5.16. The first-order valence-electron chi connectivity index (χ1n) is 11.1. The van der Waals surface area contributed by atoms with Gasteiger partial charge in [0.15, 0.2) is 0 Å². The summed E-state index contributed by atoms with van der Waals surface area (Å²) in [7, 11) is -5.16. The van der Waals surface area contributed by atoms with E-state index >= 15 is 8.78 Å². The lowest BCUT2D eigenvalue weighted by molar-refractivity contribution is -0.146. The molecule has 0 amide bonds. The molecular weight excluding hydrogens is 523 g/mol. The first kappa shape index (κ1) is 26.5. The molecule has 7 nitrogen and oxygen atoms in total. The molecule has 11 heteroatoms. The number of carboxylic acid groups (broad SMARTS) is 1. The first-order valence-corrected chi connectivity index (χ1v) is 13.5. The molecule has 3 aromatic carbocycles. The number of benzene rings is 3. The van der Waals surface area contributed by atoms with Gasteiger partial charge < -0.3 is 14.4 Å². The molecule has 0 aliphatic carbocycles. The molecule has 4 aromatic rings. The molecule has 1 unspecified atom stereocenters. The second kappa shape index (κ2) is 10.8. The fraction of sp³-hybridized carbons (Fsp3) is 0.154. The molecule has 1 aromatic heterocycles. The van der Waals surface area contributed by atoms with Crippen molar-refractivity contribution in [2.75, 3.05) is 0 Å². The molecule has 0 saturated carbocycles. The molecule has 0 aliphatic heterocycles. The van der Waals surface area contributed by atoms with E-state index in [-0.39, 0.29) is 22.6 Å². The molecule has 0 bridgehead atoms. The predicted octanol–water partition coefficient (Wildman–Crippen LogP) is 6.64. The van der Waals surface area contributed by atoms with Crippen LogP contribution >= 0.6 is 18.9 Å². The molecule has 192 valence electrons. The van der Waals surface area contributed by atoms with Crippen LogP contribution in [0.25, 0.3) is 10.1 Å². The van der Waals surface area contributed by atoms with Gasteiger partial charge in [-0.05, 0) is 48.2 Å². The van der Waals surface area contributed by atoms with Crippen molar-refractivity contribution >= 4 is 40.9 Å². The van der Waals surface area contributed by atoms with Gasteiger partial charge in [-0.15, -0.1) is 11.3 Å². The minimum Gasteiger partial charge on any atom is -0.477 e. The van der Waals surface area contributed by atoms with Gasteiger partial charge in [-0.2, -0.15) is 8.78 Å². The number of hydrogen-bond acceptors (Lipinski definition) is 6. The zero-order valence-corrected chi connectivity index (χ0v) is 21.2. The topological polar surface area (TPSA) is 102 Å². The SMILES string of the molecule is C[C@H](NP(=O)(Oc1ccccc1)C(F)(F)c1ccc2sc(C(=O)O)cc2c1)C(=O)OCc1ccccc1. The van der Waals surface area contributed by atoms with Crippen LogP contribution in [0.2, 0.25) is 0 Å². The van der Waals surface area contributed by atoms with Crippen LogP contribution in [0.4, 0.5) is 8.78 Å². The highest BCUT2D eigenvalue weighted by atomic mass is 32.1. The van der Waals surface area contributed by atoms with Crippen molar-refractivity contribution < 1.29 is 37.3 Å². The number of para-hydroxylation sites is 1. The Morgan fingerprint density at radius 1 is 1.03 bits per heavy atom. The van der Waals surface area contributed by atoms with E-state index in [1.165, 1.54) is 43.3 Å². The van der Waals surface area contributed by atoms with Crippen LogP contribution in [-0.4, -0.2) is 23.1 Å². The largest absolute Gasteiger partial charge is 0.477 e. The molecule has 2 N–H and O–H groups in total. The van der Waals surface area contributed by atoms with Gasteiger partial charge in [0.05, 0.1) is 0 Å². The normalized spacial score (nSPS) is 14.0. The standard InChI is InChI=1S/C26H22F2NO6PS/c1-17(25(32)34-16-18-8-4-2-5-9-18)29-36(33,35-21-10-6-3-7-11-21)26(27,28)20-12-13-22-19(14-20)15-23(37-22)24(30)31/h2-15,17H,16H2,1H3,(H,29,33)(H,30,31)/t17-,36?/m0/s1. The van der Waals surface area contributed by atoms with Crippen LogP contribution < -0.4 is 9.61 Å². The third-order valence-corrected chi connectivity index (χ3v) is 8.66. The molecule has 37 heavy (non-hydrogen) atoms. The highest BCUT2D eigenvalue weighted by Crippen LogP contribution is 2.63. The van der Waals surface area contributed by atoms with Gasteiger partial charge in [0.1, 0.15) is 23.3 Å². The number of halogens is 2. The predicted molar refractivity (Wildman–Crippen MR) is 136 cm³/mol. The van der Waals surface area contributed by atoms with Gasteiger partial charge in [0.25, 0.3) is 0 Å². The molecule has 1 heterocycles. The summed E-state index contributed by atoms with van der Waals surface area (Å²) in [6, 6.07) is 19.5. The number of esters is 1. The van der Waals surface area contributed by atoms with Crippen LogP contribution in [0.3, 0.4) is 0 Å². The average molecular weight is 546 g/mol. The number of hydrogen-bond donors (Lipinski definition) is 2. The van der Waals surface area contributed by atoms with Crippen molar-refractivity contribution in [3.63, 3.8) is 0 Å². The summed E-state index contributed by atoms with van der Waals surface area (Å²) in [5.41, 5.74) is -4.07. The van der Waals surface area contributed by atoms with Crippen LogP contribution in [-0.2, 0) is 26.4 Å². The number of thiophene rings is 1. The lowest BCUT2D eigenvalue weighted by Crippen LogP contribution is -2.38. The van der Waals surface area contributed by atoms with E-state index in [0.29, 0.717) is 10.3 Å². The van der Waals surface area contributed by atoms with E-state index in [1.807, 2.05) is 0 Å². The molecule has 4 rings (SSSR count). The molecule has 0 radical (unpaired) electrons. The van der Waals surface area contributed by atoms with Gasteiger partial charge >= 0.3 is 25.1 Å². The lowest BCUT2D eigenvalue weighted by atomic mass is 10.1. The maximum absolute atomic E-state index is 15.9. The molecule has 0 spiro atoms. The van der Waals surface area contributed by atoms with E-state index < -0.39 is 36.7 Å². The quantitative estimate of drug-likeness (QED) is 0.170. The highest BCUT2D eigenvalue weighted by molar-refractivity contribution is 7.58. The summed E-state index contributed by atoms with van der Waals surface area (Å²) in [5.74, 6) is -2.17. The Kier molecular flexibility index (Phi) is 7.73. The summed E-state index contributed by atoms with van der Waals surface area (Å²) in [5, 5.41) is 11.7. The zero-order chi connectivity index (χ0) is 26.6. The number of alkyl halides is 2. The summed E-state index contributed by atoms with van der Waals surface area (Å²) < 4.78 is 56.8. The molecular formula is C26H22F2NO6PS. The Morgan fingerprint density at radius 2 is 1.68 bits per heavy atom. The molecule has 0 fully saturated rings. The van der Waals surface area contributed by atoms with Gasteiger partial charge in [-0.25, -0.2) is 9.88 Å². The second-order valence-corrected chi connectivity index (χ2v) is 11.3. The number of nitrogens with one attached hydrogen (secondary N) is 1. The Bertz CT molecular complexity index is 1460. The Labute approximate surface area is 215 Å². The van der Waals surface area contributed by atoms with Crippen LogP contribution in [0, 0.1) is 0 Å². The number of aromatic carboxylic acids is 1. The van der Waals surface area contributed by atoms with Crippen molar-refractivity contribution in [1.29, 1.82) is 0 Å². The van der Waals surface area contributed by atoms with Crippen LogP contribution in [0.5, 0.6) is 5.75 Å².